The van der Waals surface area contributed by atoms with E-state index in [1.165, 1.54) is 16.6 Å². The van der Waals surface area contributed by atoms with E-state index in [0.29, 0.717) is 16.8 Å². The summed E-state index contributed by atoms with van der Waals surface area (Å²) in [5.74, 6) is -0.165. The summed E-state index contributed by atoms with van der Waals surface area (Å²) in [5.41, 5.74) is 7.06. The van der Waals surface area contributed by atoms with Gasteiger partial charge < -0.3 is 5.32 Å². The van der Waals surface area contributed by atoms with E-state index in [1.54, 1.807) is 15.9 Å². The van der Waals surface area contributed by atoms with Crippen molar-refractivity contribution in [2.45, 2.75) is 37.8 Å². The van der Waals surface area contributed by atoms with E-state index in [2.05, 4.69) is 16.2 Å². The van der Waals surface area contributed by atoms with E-state index >= 15 is 0 Å². The fourth-order valence-electron chi connectivity index (χ4n) is 3.59. The molecule has 0 saturated carbocycles. The predicted octanol–water partition coefficient (Wildman–Crippen LogP) is 2.93. The number of thiocarbonyl (C=S) groups is 1. The number of aromatic nitrogens is 2. The van der Waals surface area contributed by atoms with Gasteiger partial charge in [-0.25, -0.2) is 4.98 Å². The van der Waals surface area contributed by atoms with Crippen molar-refractivity contribution in [3.05, 3.63) is 51.1 Å². The largest absolute Gasteiger partial charge is 0.362 e. The van der Waals surface area contributed by atoms with Gasteiger partial charge >= 0.3 is 0 Å². The molecule has 1 aliphatic rings. The molecule has 3 N–H and O–H groups in total. The van der Waals surface area contributed by atoms with Crippen molar-refractivity contribution in [1.29, 1.82) is 0 Å². The van der Waals surface area contributed by atoms with E-state index in [-0.39, 0.29) is 17.2 Å². The molecule has 0 fully saturated rings. The SMILES string of the molecule is CCNC(=S)NNC(=O)CSc1nc2sc3c(c2c(=O)n1-c1ccccc1)CCCC3. The van der Waals surface area contributed by atoms with Crippen molar-refractivity contribution >= 4 is 56.6 Å². The summed E-state index contributed by atoms with van der Waals surface area (Å²) in [6, 6.07) is 9.46. The number of thiophene rings is 1. The monoisotopic (exact) mass is 473 g/mol. The lowest BCUT2D eigenvalue weighted by Gasteiger charge is -2.14. The maximum atomic E-state index is 13.6. The second-order valence-corrected chi connectivity index (χ2v) is 9.52. The molecule has 1 aromatic carbocycles. The van der Waals surface area contributed by atoms with E-state index in [1.807, 2.05) is 37.3 Å². The molecule has 1 amide bonds. The maximum absolute atomic E-state index is 13.6. The van der Waals surface area contributed by atoms with Crippen LogP contribution in [0, 0.1) is 0 Å². The highest BCUT2D eigenvalue weighted by atomic mass is 32.2. The molecule has 0 spiro atoms. The van der Waals surface area contributed by atoms with Gasteiger partial charge in [-0.3, -0.25) is 25.0 Å². The Morgan fingerprint density at radius 3 is 2.77 bits per heavy atom. The predicted molar refractivity (Wildman–Crippen MR) is 130 cm³/mol. The minimum absolute atomic E-state index is 0.0649. The number of aryl methyl sites for hydroxylation is 2. The average molecular weight is 474 g/mol. The van der Waals surface area contributed by atoms with Crippen molar-refractivity contribution in [2.75, 3.05) is 12.3 Å². The smallest absolute Gasteiger partial charge is 0.267 e. The Kier molecular flexibility index (Phi) is 6.89. The van der Waals surface area contributed by atoms with Crippen LogP contribution >= 0.6 is 35.3 Å². The molecule has 0 aliphatic heterocycles. The molecule has 0 bridgehead atoms. The minimum atomic E-state index is -0.260. The fraction of sp³-hybridized carbons (Fsp3) is 0.333. The van der Waals surface area contributed by atoms with Crippen molar-refractivity contribution in [3.8, 4) is 5.69 Å². The zero-order valence-electron chi connectivity index (χ0n) is 17.1. The summed E-state index contributed by atoms with van der Waals surface area (Å²) in [4.78, 5) is 32.7. The quantitative estimate of drug-likeness (QED) is 0.227. The van der Waals surface area contributed by atoms with E-state index < -0.39 is 0 Å². The lowest BCUT2D eigenvalue weighted by Crippen LogP contribution is -2.47. The van der Waals surface area contributed by atoms with Gasteiger partial charge in [-0.05, 0) is 62.5 Å². The van der Waals surface area contributed by atoms with Crippen LogP contribution in [0.2, 0.25) is 0 Å². The Labute approximate surface area is 193 Å². The molecule has 1 aliphatic carbocycles. The van der Waals surface area contributed by atoms with Gasteiger partial charge in [-0.1, -0.05) is 30.0 Å². The van der Waals surface area contributed by atoms with Gasteiger partial charge in [0.1, 0.15) is 4.83 Å². The fourth-order valence-corrected chi connectivity index (χ4v) is 5.90. The van der Waals surface area contributed by atoms with Crippen molar-refractivity contribution < 1.29 is 4.79 Å². The first-order valence-corrected chi connectivity index (χ1v) is 12.4. The zero-order chi connectivity index (χ0) is 21.8. The maximum Gasteiger partial charge on any atom is 0.267 e. The molecule has 0 saturated heterocycles. The van der Waals surface area contributed by atoms with Gasteiger partial charge in [-0.2, -0.15) is 0 Å². The first-order valence-electron chi connectivity index (χ1n) is 10.2. The van der Waals surface area contributed by atoms with Gasteiger partial charge in [0, 0.05) is 11.4 Å². The van der Waals surface area contributed by atoms with Crippen LogP contribution in [0.5, 0.6) is 0 Å². The molecule has 10 heteroatoms. The van der Waals surface area contributed by atoms with Crippen LogP contribution in [-0.2, 0) is 17.6 Å². The number of hydrazine groups is 1. The second-order valence-electron chi connectivity index (χ2n) is 7.08. The summed E-state index contributed by atoms with van der Waals surface area (Å²) in [7, 11) is 0. The summed E-state index contributed by atoms with van der Waals surface area (Å²) < 4.78 is 1.62. The van der Waals surface area contributed by atoms with E-state index in [4.69, 9.17) is 17.2 Å². The van der Waals surface area contributed by atoms with Crippen LogP contribution < -0.4 is 21.7 Å². The van der Waals surface area contributed by atoms with E-state index in [9.17, 15) is 9.59 Å². The molecule has 162 valence electrons. The number of thioether (sulfide) groups is 1. The van der Waals surface area contributed by atoms with Crippen molar-refractivity contribution in [2.24, 2.45) is 0 Å². The normalized spacial score (nSPS) is 12.9. The van der Waals surface area contributed by atoms with E-state index in [0.717, 1.165) is 47.2 Å². The highest BCUT2D eigenvalue weighted by Gasteiger charge is 2.23. The number of benzene rings is 1. The first kappa shape index (κ1) is 21.8. The molecule has 0 radical (unpaired) electrons. The zero-order valence-corrected chi connectivity index (χ0v) is 19.5. The number of nitrogens with one attached hydrogen (secondary N) is 3. The number of hydrogen-bond donors (Lipinski definition) is 3. The van der Waals surface area contributed by atoms with Crippen molar-refractivity contribution in [1.82, 2.24) is 25.7 Å². The Hall–Kier alpha value is -2.43. The number of amides is 1. The highest BCUT2D eigenvalue weighted by Crippen LogP contribution is 2.35. The number of hydrogen-bond acceptors (Lipinski definition) is 6. The number of nitrogens with zero attached hydrogens (tertiary/aromatic N) is 2. The lowest BCUT2D eigenvalue weighted by atomic mass is 9.97. The molecular weight excluding hydrogens is 450 g/mol. The molecule has 31 heavy (non-hydrogen) atoms. The van der Waals surface area contributed by atoms with Crippen LogP contribution in [0.25, 0.3) is 15.9 Å². The Morgan fingerprint density at radius 1 is 1.23 bits per heavy atom. The second kappa shape index (κ2) is 9.80. The van der Waals surface area contributed by atoms with Crippen LogP contribution in [0.15, 0.2) is 40.3 Å². The van der Waals surface area contributed by atoms with Crippen LogP contribution in [-0.4, -0.2) is 32.9 Å². The third-order valence-electron chi connectivity index (χ3n) is 4.96. The van der Waals surface area contributed by atoms with Crippen LogP contribution in [0.3, 0.4) is 0 Å². The molecule has 3 aromatic rings. The van der Waals surface area contributed by atoms with Gasteiger partial charge in [-0.15, -0.1) is 11.3 Å². The molecule has 0 atom stereocenters. The third-order valence-corrected chi connectivity index (χ3v) is 7.33. The lowest BCUT2D eigenvalue weighted by molar-refractivity contribution is -0.119. The summed E-state index contributed by atoms with van der Waals surface area (Å²) in [5, 5.41) is 4.49. The summed E-state index contributed by atoms with van der Waals surface area (Å²) in [6.45, 7) is 2.58. The average Bonchev–Trinajstić information content (AvgIpc) is 3.16. The Morgan fingerprint density at radius 2 is 2.00 bits per heavy atom. The molecule has 2 heterocycles. The van der Waals surface area contributed by atoms with Crippen LogP contribution in [0.1, 0.15) is 30.2 Å². The van der Waals surface area contributed by atoms with Gasteiger partial charge in [0.2, 0.25) is 5.91 Å². The Bertz CT molecular complexity index is 1170. The molecule has 2 aromatic heterocycles. The van der Waals surface area contributed by atoms with Crippen molar-refractivity contribution in [3.63, 3.8) is 0 Å². The molecule has 7 nitrogen and oxygen atoms in total. The van der Waals surface area contributed by atoms with Crippen LogP contribution in [0.4, 0.5) is 0 Å². The first-order chi connectivity index (χ1) is 15.1. The number of rotatable bonds is 5. The number of para-hydroxylation sites is 1. The summed E-state index contributed by atoms with van der Waals surface area (Å²) >= 11 is 7.89. The Balaban J connectivity index is 1.66. The topological polar surface area (TPSA) is 88.1 Å². The molecular formula is C21H23N5O2S3. The molecule has 0 unspecified atom stereocenters. The van der Waals surface area contributed by atoms with Gasteiger partial charge in [0.05, 0.1) is 16.8 Å². The number of fused-ring (bicyclic) bond motifs is 3. The number of carbonyl (C=O) groups is 1. The van der Waals surface area contributed by atoms with Gasteiger partial charge in [0.15, 0.2) is 10.3 Å². The molecule has 4 rings (SSSR count). The van der Waals surface area contributed by atoms with Gasteiger partial charge in [0.25, 0.3) is 5.56 Å². The third kappa shape index (κ3) is 4.76. The minimum Gasteiger partial charge on any atom is -0.362 e. The highest BCUT2D eigenvalue weighted by molar-refractivity contribution is 7.99. The number of carbonyl (C=O) groups excluding carboxylic acids is 1. The standard InChI is InChI=1S/C21H23N5O2S3/c1-2-22-20(29)25-24-16(27)12-30-21-23-18-17(14-10-6-7-11-15(14)31-18)19(28)26(21)13-8-4-3-5-9-13/h3-5,8-9H,2,6-7,10-12H2,1H3,(H,24,27)(H2,22,25,29). The summed E-state index contributed by atoms with van der Waals surface area (Å²) in [6.07, 6.45) is 4.18.